The van der Waals surface area contributed by atoms with Crippen LogP contribution < -0.4 is 5.32 Å². The molecule has 5 rings (SSSR count). The number of amides is 3. The maximum Gasteiger partial charge on any atom is 0.321 e. The topological polar surface area (TPSA) is 65.5 Å². The van der Waals surface area contributed by atoms with Crippen LogP contribution in [-0.2, 0) is 0 Å². The largest absolute Gasteiger partial charge is 0.336 e. The van der Waals surface area contributed by atoms with Crippen molar-refractivity contribution in [2.24, 2.45) is 0 Å². The number of carbonyl (C=O) groups excluding carboxylic acids is 2. The number of hydrogen-bond acceptors (Lipinski definition) is 5. The van der Waals surface area contributed by atoms with Crippen molar-refractivity contribution in [2.45, 2.75) is 6.42 Å². The highest BCUT2D eigenvalue weighted by atomic mass is 35.5. The summed E-state index contributed by atoms with van der Waals surface area (Å²) in [5.41, 5.74) is 1.63. The second kappa shape index (κ2) is 9.51. The minimum absolute atomic E-state index is 0.00413. The van der Waals surface area contributed by atoms with Crippen LogP contribution in [0.15, 0.2) is 60.7 Å². The number of hydrogen-bond donors (Lipinski definition) is 1. The highest BCUT2D eigenvalue weighted by Gasteiger charge is 2.24. The zero-order valence-corrected chi connectivity index (χ0v) is 20.1. The van der Waals surface area contributed by atoms with E-state index >= 15 is 0 Å². The smallest absolute Gasteiger partial charge is 0.321 e. The summed E-state index contributed by atoms with van der Waals surface area (Å²) in [4.78, 5) is 35.8. The van der Waals surface area contributed by atoms with Crippen molar-refractivity contribution in [3.05, 3.63) is 70.6 Å². The zero-order chi connectivity index (χ0) is 22.8. The van der Waals surface area contributed by atoms with Crippen LogP contribution in [0.5, 0.6) is 0 Å². The lowest BCUT2D eigenvalue weighted by Crippen LogP contribution is -2.39. The Bertz CT molecular complexity index is 1290. The van der Waals surface area contributed by atoms with Crippen molar-refractivity contribution < 1.29 is 9.59 Å². The minimum Gasteiger partial charge on any atom is -0.336 e. The van der Waals surface area contributed by atoms with Crippen LogP contribution in [-0.4, -0.2) is 52.9 Å². The molecule has 0 saturated carbocycles. The summed E-state index contributed by atoms with van der Waals surface area (Å²) in [6, 6.07) is 18.8. The molecule has 3 heterocycles. The van der Waals surface area contributed by atoms with Gasteiger partial charge in [-0.15, -0.1) is 22.7 Å². The molecule has 0 spiro atoms. The average Bonchev–Trinajstić information content (AvgIpc) is 3.39. The van der Waals surface area contributed by atoms with Crippen molar-refractivity contribution in [2.75, 3.05) is 31.5 Å². The first-order chi connectivity index (χ1) is 16.1. The normalized spacial score (nSPS) is 14.3. The Balaban J connectivity index is 1.23. The van der Waals surface area contributed by atoms with Crippen LogP contribution in [0.4, 0.5) is 10.5 Å². The number of nitrogens with one attached hydrogen (secondary N) is 1. The van der Waals surface area contributed by atoms with Crippen LogP contribution >= 0.6 is 34.3 Å². The molecule has 6 nitrogen and oxygen atoms in total. The molecule has 1 aliphatic heterocycles. The molecule has 2 aromatic carbocycles. The molecule has 0 radical (unpaired) electrons. The quantitative estimate of drug-likeness (QED) is 0.375. The number of para-hydroxylation sites is 1. The fourth-order valence-electron chi connectivity index (χ4n) is 3.79. The molecule has 4 aromatic rings. The lowest BCUT2D eigenvalue weighted by Gasteiger charge is -2.22. The molecule has 3 amide bonds. The van der Waals surface area contributed by atoms with Gasteiger partial charge in [0.15, 0.2) is 0 Å². The van der Waals surface area contributed by atoms with Gasteiger partial charge < -0.3 is 15.1 Å². The number of rotatable bonds is 3. The summed E-state index contributed by atoms with van der Waals surface area (Å²) < 4.78 is 1.14. The molecule has 1 aliphatic rings. The maximum absolute atomic E-state index is 13.2. The molecule has 33 heavy (non-hydrogen) atoms. The summed E-state index contributed by atoms with van der Waals surface area (Å²) in [6.07, 6.45) is 0.727. The van der Waals surface area contributed by atoms with Crippen LogP contribution in [0.25, 0.3) is 20.1 Å². The predicted octanol–water partition coefficient (Wildman–Crippen LogP) is 6.06. The number of benzene rings is 2. The lowest BCUT2D eigenvalue weighted by molar-refractivity contribution is 0.0767. The standard InChI is InChI=1S/C24H21ClN4O2S2/c25-16-5-3-6-17(15-16)26-24(31)29-12-4-11-28(13-14-29)23(30)21-10-9-20(32-21)22-27-18-7-1-2-8-19(18)33-22/h1-3,5-10,15H,4,11-14H2,(H,26,31). The Hall–Kier alpha value is -2.94. The highest BCUT2D eigenvalue weighted by molar-refractivity contribution is 7.26. The Morgan fingerprint density at radius 2 is 1.73 bits per heavy atom. The molecule has 0 unspecified atom stereocenters. The molecule has 0 atom stereocenters. The molecule has 1 fully saturated rings. The number of anilines is 1. The van der Waals surface area contributed by atoms with Gasteiger partial charge in [0.05, 0.1) is 20.0 Å². The van der Waals surface area contributed by atoms with E-state index in [-0.39, 0.29) is 11.9 Å². The maximum atomic E-state index is 13.2. The summed E-state index contributed by atoms with van der Waals surface area (Å²) in [5.74, 6) is 0.00413. The second-order valence-electron chi connectivity index (χ2n) is 7.72. The van der Waals surface area contributed by atoms with Crippen molar-refractivity contribution >= 4 is 62.1 Å². The van der Waals surface area contributed by atoms with Crippen LogP contribution in [0.1, 0.15) is 16.1 Å². The van der Waals surface area contributed by atoms with Crippen molar-refractivity contribution in [3.8, 4) is 9.88 Å². The molecule has 0 bridgehead atoms. The third-order valence-corrected chi connectivity index (χ3v) is 7.98. The van der Waals surface area contributed by atoms with Crippen LogP contribution in [0.3, 0.4) is 0 Å². The predicted molar refractivity (Wildman–Crippen MR) is 135 cm³/mol. The first-order valence-corrected chi connectivity index (χ1v) is 12.6. The van der Waals surface area contributed by atoms with Gasteiger partial charge in [0.2, 0.25) is 0 Å². The van der Waals surface area contributed by atoms with E-state index in [0.717, 1.165) is 26.5 Å². The monoisotopic (exact) mass is 496 g/mol. The van der Waals surface area contributed by atoms with Gasteiger partial charge in [0, 0.05) is 36.9 Å². The molecule has 2 aromatic heterocycles. The summed E-state index contributed by atoms with van der Waals surface area (Å²) in [5, 5.41) is 4.39. The van der Waals surface area contributed by atoms with Gasteiger partial charge in [-0.05, 0) is 48.9 Å². The first-order valence-electron chi connectivity index (χ1n) is 10.6. The van der Waals surface area contributed by atoms with E-state index in [4.69, 9.17) is 16.6 Å². The Morgan fingerprint density at radius 3 is 2.58 bits per heavy atom. The van der Waals surface area contributed by atoms with Crippen molar-refractivity contribution in [1.82, 2.24) is 14.8 Å². The van der Waals surface area contributed by atoms with Gasteiger partial charge in [-0.1, -0.05) is 29.8 Å². The minimum atomic E-state index is -0.180. The molecule has 1 N–H and O–H groups in total. The Morgan fingerprint density at radius 1 is 0.909 bits per heavy atom. The third kappa shape index (κ3) is 4.88. The van der Waals surface area contributed by atoms with Crippen molar-refractivity contribution in [3.63, 3.8) is 0 Å². The number of thiophene rings is 1. The second-order valence-corrected chi connectivity index (χ2v) is 10.3. The lowest BCUT2D eigenvalue weighted by atomic mass is 10.3. The molecule has 0 aliphatic carbocycles. The molecular weight excluding hydrogens is 476 g/mol. The third-order valence-electron chi connectivity index (χ3n) is 5.47. The molecular formula is C24H21ClN4O2S2. The molecule has 168 valence electrons. The number of fused-ring (bicyclic) bond motifs is 1. The fourth-order valence-corrected chi connectivity index (χ4v) is 5.98. The Labute approximate surface area is 204 Å². The van der Waals surface area contributed by atoms with Crippen molar-refractivity contribution in [1.29, 1.82) is 0 Å². The highest BCUT2D eigenvalue weighted by Crippen LogP contribution is 2.34. The number of urea groups is 1. The van der Waals surface area contributed by atoms with Gasteiger partial charge in [-0.3, -0.25) is 4.79 Å². The SMILES string of the molecule is O=C(Nc1cccc(Cl)c1)N1CCCN(C(=O)c2ccc(-c3nc4ccccc4s3)s2)CC1. The van der Waals surface area contributed by atoms with E-state index in [1.54, 1.807) is 40.5 Å². The summed E-state index contributed by atoms with van der Waals surface area (Å²) >= 11 is 9.11. The van der Waals surface area contributed by atoms with E-state index in [2.05, 4.69) is 11.4 Å². The molecule has 9 heteroatoms. The number of nitrogens with zero attached hydrogens (tertiary/aromatic N) is 3. The van der Waals surface area contributed by atoms with E-state index < -0.39 is 0 Å². The number of thiazole rings is 1. The van der Waals surface area contributed by atoms with Gasteiger partial charge >= 0.3 is 6.03 Å². The van der Waals surface area contributed by atoms with Crippen LogP contribution in [0, 0.1) is 0 Å². The first kappa shape index (κ1) is 21.9. The van der Waals surface area contributed by atoms with E-state index in [1.807, 2.05) is 35.2 Å². The molecule has 1 saturated heterocycles. The van der Waals surface area contributed by atoms with Gasteiger partial charge in [0.25, 0.3) is 5.91 Å². The summed E-state index contributed by atoms with van der Waals surface area (Å²) in [7, 11) is 0. The van der Waals surface area contributed by atoms with E-state index in [9.17, 15) is 9.59 Å². The number of halogens is 1. The summed E-state index contributed by atoms with van der Waals surface area (Å²) in [6.45, 7) is 2.19. The number of aromatic nitrogens is 1. The number of carbonyl (C=O) groups is 2. The Kier molecular flexibility index (Phi) is 6.30. The van der Waals surface area contributed by atoms with Crippen LogP contribution in [0.2, 0.25) is 5.02 Å². The van der Waals surface area contributed by atoms with E-state index in [0.29, 0.717) is 41.8 Å². The van der Waals surface area contributed by atoms with E-state index in [1.165, 1.54) is 11.3 Å². The van der Waals surface area contributed by atoms with Gasteiger partial charge in [0.1, 0.15) is 5.01 Å². The van der Waals surface area contributed by atoms with Gasteiger partial charge in [-0.2, -0.15) is 0 Å². The van der Waals surface area contributed by atoms with Gasteiger partial charge in [-0.25, -0.2) is 9.78 Å². The average molecular weight is 497 g/mol. The fraction of sp³-hybridized carbons (Fsp3) is 0.208. The zero-order valence-electron chi connectivity index (χ0n) is 17.7.